The van der Waals surface area contributed by atoms with Gasteiger partial charge in [0.15, 0.2) is 0 Å². The van der Waals surface area contributed by atoms with Crippen LogP contribution < -0.4 is 4.90 Å². The minimum absolute atomic E-state index is 1.10. The van der Waals surface area contributed by atoms with Crippen molar-refractivity contribution in [3.8, 4) is 22.3 Å². The summed E-state index contributed by atoms with van der Waals surface area (Å²) in [5.74, 6) is 0. The highest BCUT2D eigenvalue weighted by Crippen LogP contribution is 2.49. The monoisotopic (exact) mass is 661 g/mol. The molecule has 0 bridgehead atoms. The first kappa shape index (κ1) is 28.5. The van der Waals surface area contributed by atoms with E-state index in [1.807, 2.05) is 22.7 Å². The summed E-state index contributed by atoms with van der Waals surface area (Å²) in [5, 5.41) is 6.52. The molecule has 10 rings (SSSR count). The Balaban J connectivity index is 1.19. The largest absolute Gasteiger partial charge is 0.308 e. The van der Waals surface area contributed by atoms with Gasteiger partial charge in [-0.15, -0.1) is 22.7 Å². The molecule has 1 aliphatic rings. The smallest absolute Gasteiger partial charge is 0.0640 e. The third kappa shape index (κ3) is 4.73. The van der Waals surface area contributed by atoms with Crippen LogP contribution in [0.25, 0.3) is 69.4 Å². The minimum Gasteiger partial charge on any atom is -0.308 e. The first-order chi connectivity index (χ1) is 24.3. The fourth-order valence-electron chi connectivity index (χ4n) is 7.60. The highest BCUT2D eigenvalue weighted by atomic mass is 32.1. The van der Waals surface area contributed by atoms with Crippen LogP contribution in [0.15, 0.2) is 158 Å². The summed E-state index contributed by atoms with van der Waals surface area (Å²) in [7, 11) is 0. The molecule has 0 spiro atoms. The van der Waals surface area contributed by atoms with Gasteiger partial charge in [-0.3, -0.25) is 0 Å². The third-order valence-corrected chi connectivity index (χ3v) is 12.4. The second-order valence-corrected chi connectivity index (χ2v) is 14.9. The van der Waals surface area contributed by atoms with Crippen LogP contribution in [0.1, 0.15) is 16.9 Å². The van der Waals surface area contributed by atoms with Crippen LogP contribution in [0.5, 0.6) is 0 Å². The normalized spacial score (nSPS) is 12.7. The van der Waals surface area contributed by atoms with E-state index < -0.39 is 0 Å². The van der Waals surface area contributed by atoms with Crippen LogP contribution in [-0.4, -0.2) is 0 Å². The van der Waals surface area contributed by atoms with E-state index in [1.165, 1.54) is 85.1 Å². The van der Waals surface area contributed by atoms with E-state index >= 15 is 0 Å². The Kier molecular flexibility index (Phi) is 6.75. The van der Waals surface area contributed by atoms with Crippen molar-refractivity contribution in [1.29, 1.82) is 0 Å². The van der Waals surface area contributed by atoms with Gasteiger partial charge in [-0.25, -0.2) is 0 Å². The topological polar surface area (TPSA) is 3.24 Å². The van der Waals surface area contributed by atoms with E-state index in [1.54, 1.807) is 0 Å². The van der Waals surface area contributed by atoms with Gasteiger partial charge in [-0.2, -0.15) is 0 Å². The zero-order valence-electron chi connectivity index (χ0n) is 26.8. The van der Waals surface area contributed by atoms with E-state index in [4.69, 9.17) is 0 Å². The number of thiophene rings is 2. The van der Waals surface area contributed by atoms with Crippen molar-refractivity contribution in [2.24, 2.45) is 0 Å². The van der Waals surface area contributed by atoms with Gasteiger partial charge in [0.1, 0.15) is 0 Å². The molecule has 0 radical (unpaired) electrons. The van der Waals surface area contributed by atoms with Crippen LogP contribution in [0.2, 0.25) is 0 Å². The van der Waals surface area contributed by atoms with Gasteiger partial charge in [-0.05, 0) is 105 Å². The van der Waals surface area contributed by atoms with Gasteiger partial charge >= 0.3 is 0 Å². The van der Waals surface area contributed by atoms with E-state index in [-0.39, 0.29) is 0 Å². The Labute approximate surface area is 293 Å². The van der Waals surface area contributed by atoms with Crippen LogP contribution in [-0.2, 0) is 6.42 Å². The number of fused-ring (bicyclic) bond motifs is 7. The summed E-state index contributed by atoms with van der Waals surface area (Å²) in [5.41, 5.74) is 10.0. The number of hydrogen-bond donors (Lipinski definition) is 0. The number of rotatable bonds is 5. The molecular formula is C46H31NS2. The van der Waals surface area contributed by atoms with E-state index in [0.29, 0.717) is 0 Å². The van der Waals surface area contributed by atoms with Gasteiger partial charge in [0.2, 0.25) is 0 Å². The zero-order valence-corrected chi connectivity index (χ0v) is 28.4. The van der Waals surface area contributed by atoms with Crippen LogP contribution in [0.3, 0.4) is 0 Å². The molecule has 0 saturated carbocycles. The first-order valence-electron chi connectivity index (χ1n) is 16.9. The summed E-state index contributed by atoms with van der Waals surface area (Å²) in [6, 6.07) is 55.9. The molecule has 0 amide bonds. The molecule has 0 atom stereocenters. The van der Waals surface area contributed by atoms with Crippen molar-refractivity contribution in [1.82, 2.24) is 0 Å². The molecule has 1 nitrogen and oxygen atoms in total. The Morgan fingerprint density at radius 2 is 1.10 bits per heavy atom. The molecule has 0 unspecified atom stereocenters. The predicted octanol–water partition coefficient (Wildman–Crippen LogP) is 14.2. The lowest BCUT2D eigenvalue weighted by Crippen LogP contribution is -2.10. The molecule has 0 fully saturated rings. The molecule has 9 aromatic rings. The molecule has 0 saturated heterocycles. The molecular weight excluding hydrogens is 631 g/mol. The summed E-state index contributed by atoms with van der Waals surface area (Å²) in [6.45, 7) is 0. The van der Waals surface area contributed by atoms with Crippen molar-refractivity contribution in [3.05, 3.63) is 168 Å². The summed E-state index contributed by atoms with van der Waals surface area (Å²) >= 11 is 3.82. The second-order valence-electron chi connectivity index (χ2n) is 12.8. The number of hydrogen-bond acceptors (Lipinski definition) is 3. The maximum absolute atomic E-state index is 2.51. The molecule has 7 aromatic carbocycles. The lowest BCUT2D eigenvalue weighted by atomic mass is 9.91. The van der Waals surface area contributed by atoms with Crippen LogP contribution in [0, 0.1) is 0 Å². The number of aryl methyl sites for hydroxylation is 1. The predicted molar refractivity (Wildman–Crippen MR) is 215 cm³/mol. The fraction of sp³-hybridized carbons (Fsp3) is 0.0435. The van der Waals surface area contributed by atoms with Crippen molar-refractivity contribution < 1.29 is 0 Å². The van der Waals surface area contributed by atoms with Crippen molar-refractivity contribution in [2.75, 3.05) is 4.90 Å². The SMILES string of the molecule is C1=Cc2sc3c(N(c4ccc(-c5cc6ccccc6cc5-c5ccccc5)cc4)c4cccc5c4sc4ccccc45)cccc3c2CC1. The number of benzene rings is 7. The highest BCUT2D eigenvalue weighted by Gasteiger charge is 2.23. The summed E-state index contributed by atoms with van der Waals surface area (Å²) in [6.07, 6.45) is 6.86. The lowest BCUT2D eigenvalue weighted by Gasteiger charge is -2.27. The molecule has 232 valence electrons. The lowest BCUT2D eigenvalue weighted by molar-refractivity contribution is 1.01. The van der Waals surface area contributed by atoms with Gasteiger partial charge in [0, 0.05) is 26.0 Å². The van der Waals surface area contributed by atoms with Crippen molar-refractivity contribution >= 4 is 86.8 Å². The van der Waals surface area contributed by atoms with Crippen molar-refractivity contribution in [3.63, 3.8) is 0 Å². The molecule has 3 heteroatoms. The standard InChI is InChI=1S/C46H31NS2/c1-2-12-30(13-3-1)39-28-32-14-4-5-15-33(32)29-40(39)31-24-26-34(27-25-31)47(41-20-10-18-37-35-16-6-8-22-43(35)48-45(37)41)42-21-11-19-38-36-17-7-9-23-44(36)49-46(38)42/h1-6,8-16,18-29H,7,17H2. The average molecular weight is 662 g/mol. The van der Waals surface area contributed by atoms with E-state index in [2.05, 4.69) is 169 Å². The number of anilines is 3. The number of nitrogens with zero attached hydrogens (tertiary/aromatic N) is 1. The van der Waals surface area contributed by atoms with Gasteiger partial charge in [-0.1, -0.05) is 115 Å². The minimum atomic E-state index is 1.10. The van der Waals surface area contributed by atoms with E-state index in [0.717, 1.165) is 18.5 Å². The third-order valence-electron chi connectivity index (χ3n) is 9.93. The van der Waals surface area contributed by atoms with Gasteiger partial charge < -0.3 is 4.90 Å². The molecule has 2 heterocycles. The van der Waals surface area contributed by atoms with Gasteiger partial charge in [0.05, 0.1) is 20.8 Å². The van der Waals surface area contributed by atoms with E-state index in [9.17, 15) is 0 Å². The summed E-state index contributed by atoms with van der Waals surface area (Å²) < 4.78 is 3.98. The Morgan fingerprint density at radius 3 is 1.86 bits per heavy atom. The fourth-order valence-corrected chi connectivity index (χ4v) is 10.1. The Morgan fingerprint density at radius 1 is 0.490 bits per heavy atom. The maximum Gasteiger partial charge on any atom is 0.0640 e. The van der Waals surface area contributed by atoms with Crippen LogP contribution in [0.4, 0.5) is 17.1 Å². The average Bonchev–Trinajstić information content (AvgIpc) is 3.75. The maximum atomic E-state index is 2.51. The number of allylic oxidation sites excluding steroid dienone is 1. The first-order valence-corrected chi connectivity index (χ1v) is 18.5. The Bertz CT molecular complexity index is 2710. The zero-order chi connectivity index (χ0) is 32.3. The summed E-state index contributed by atoms with van der Waals surface area (Å²) in [4.78, 5) is 3.90. The molecule has 1 aliphatic carbocycles. The second kappa shape index (κ2) is 11.6. The van der Waals surface area contributed by atoms with Crippen molar-refractivity contribution in [2.45, 2.75) is 12.8 Å². The Hall–Kier alpha value is -5.48. The molecule has 0 aliphatic heterocycles. The van der Waals surface area contributed by atoms with Gasteiger partial charge in [0.25, 0.3) is 0 Å². The van der Waals surface area contributed by atoms with Crippen LogP contribution >= 0.6 is 22.7 Å². The molecule has 0 N–H and O–H groups in total. The highest BCUT2D eigenvalue weighted by molar-refractivity contribution is 7.26. The quantitative estimate of drug-likeness (QED) is 0.177. The molecule has 49 heavy (non-hydrogen) atoms. The molecule has 2 aromatic heterocycles.